The highest BCUT2D eigenvalue weighted by Gasteiger charge is 2.22. The van der Waals surface area contributed by atoms with Crippen LogP contribution in [0.5, 0.6) is 0 Å². The summed E-state index contributed by atoms with van der Waals surface area (Å²) >= 11 is 1.99. The van der Waals surface area contributed by atoms with Crippen LogP contribution in [0.25, 0.3) is 0 Å². The minimum absolute atomic E-state index is 0. The van der Waals surface area contributed by atoms with E-state index in [1.165, 1.54) is 12.8 Å². The molecule has 2 aliphatic heterocycles. The van der Waals surface area contributed by atoms with Crippen molar-refractivity contribution in [3.05, 3.63) is 18.5 Å². The predicted molar refractivity (Wildman–Crippen MR) is 108 cm³/mol. The highest BCUT2D eigenvalue weighted by atomic mass is 127. The lowest BCUT2D eigenvalue weighted by Gasteiger charge is -2.32. The van der Waals surface area contributed by atoms with Crippen molar-refractivity contribution >= 4 is 47.6 Å². The van der Waals surface area contributed by atoms with Crippen LogP contribution in [-0.2, 0) is 0 Å². The normalized spacial score (nSPS) is 22.6. The van der Waals surface area contributed by atoms with Crippen LogP contribution in [0.1, 0.15) is 12.8 Å². The number of nitrogens with two attached hydrogens (primary N) is 1. The third-order valence-electron chi connectivity index (χ3n) is 4.20. The SMILES string of the molecule is I.NC(=NCC1CCCN(c2ncccn2)C1)N1CCSCC1. The molecule has 0 radical (unpaired) electrons. The second-order valence-corrected chi connectivity index (χ2v) is 7.03. The summed E-state index contributed by atoms with van der Waals surface area (Å²) in [4.78, 5) is 17.8. The lowest BCUT2D eigenvalue weighted by Crippen LogP contribution is -2.43. The van der Waals surface area contributed by atoms with E-state index < -0.39 is 0 Å². The number of aromatic nitrogens is 2. The number of guanidine groups is 1. The molecule has 3 rings (SSSR count). The van der Waals surface area contributed by atoms with Gasteiger partial charge in [0, 0.05) is 56.6 Å². The van der Waals surface area contributed by atoms with Gasteiger partial charge in [0.1, 0.15) is 0 Å². The minimum atomic E-state index is 0. The van der Waals surface area contributed by atoms with E-state index in [1.807, 2.05) is 17.8 Å². The molecule has 1 aromatic rings. The van der Waals surface area contributed by atoms with Crippen LogP contribution in [-0.4, -0.2) is 65.1 Å². The standard InChI is InChI=1S/C15H24N6S.HI/c16-14(20-7-9-22-10-8-20)19-11-13-3-1-6-21(12-13)15-17-4-2-5-18-15;/h2,4-5,13H,1,3,6-12H2,(H2,16,19);1H. The minimum Gasteiger partial charge on any atom is -0.370 e. The highest BCUT2D eigenvalue weighted by molar-refractivity contribution is 14.0. The largest absolute Gasteiger partial charge is 0.370 e. The molecule has 2 aliphatic rings. The maximum atomic E-state index is 6.14. The molecular weight excluding hydrogens is 423 g/mol. The Labute approximate surface area is 159 Å². The number of aliphatic imine (C=N–C) groups is 1. The number of nitrogens with zero attached hydrogens (tertiary/aromatic N) is 5. The Morgan fingerprint density at radius 3 is 2.74 bits per heavy atom. The number of thioether (sulfide) groups is 1. The van der Waals surface area contributed by atoms with Crippen molar-refractivity contribution in [2.24, 2.45) is 16.6 Å². The molecule has 6 nitrogen and oxygen atoms in total. The molecule has 2 N–H and O–H groups in total. The van der Waals surface area contributed by atoms with Gasteiger partial charge in [-0.1, -0.05) is 0 Å². The van der Waals surface area contributed by atoms with Crippen LogP contribution in [0.3, 0.4) is 0 Å². The van der Waals surface area contributed by atoms with Crippen LogP contribution < -0.4 is 10.6 Å². The Kier molecular flexibility index (Phi) is 7.68. The zero-order valence-electron chi connectivity index (χ0n) is 13.3. The van der Waals surface area contributed by atoms with Crippen LogP contribution in [0.15, 0.2) is 23.5 Å². The van der Waals surface area contributed by atoms with Gasteiger partial charge in [-0.15, -0.1) is 24.0 Å². The van der Waals surface area contributed by atoms with Crippen molar-refractivity contribution in [3.63, 3.8) is 0 Å². The molecule has 128 valence electrons. The smallest absolute Gasteiger partial charge is 0.225 e. The molecule has 1 aromatic heterocycles. The quantitative estimate of drug-likeness (QED) is 0.431. The fourth-order valence-electron chi connectivity index (χ4n) is 2.97. The van der Waals surface area contributed by atoms with Crippen molar-refractivity contribution in [1.82, 2.24) is 14.9 Å². The summed E-state index contributed by atoms with van der Waals surface area (Å²) in [5, 5.41) is 0. The molecule has 23 heavy (non-hydrogen) atoms. The highest BCUT2D eigenvalue weighted by Crippen LogP contribution is 2.20. The number of hydrogen-bond donors (Lipinski definition) is 1. The summed E-state index contributed by atoms with van der Waals surface area (Å²) in [7, 11) is 0. The van der Waals surface area contributed by atoms with E-state index in [2.05, 4.69) is 24.8 Å². The molecule has 2 saturated heterocycles. The number of piperidine rings is 1. The zero-order valence-corrected chi connectivity index (χ0v) is 16.5. The molecule has 3 heterocycles. The molecule has 0 saturated carbocycles. The fourth-order valence-corrected chi connectivity index (χ4v) is 3.87. The topological polar surface area (TPSA) is 70.6 Å². The van der Waals surface area contributed by atoms with E-state index >= 15 is 0 Å². The van der Waals surface area contributed by atoms with E-state index in [1.54, 1.807) is 12.4 Å². The Balaban J connectivity index is 0.00000192. The molecule has 8 heteroatoms. The second-order valence-electron chi connectivity index (χ2n) is 5.80. The van der Waals surface area contributed by atoms with E-state index in [9.17, 15) is 0 Å². The molecular formula is C15H25IN6S. The van der Waals surface area contributed by atoms with E-state index in [0.717, 1.165) is 50.2 Å². The summed E-state index contributed by atoms with van der Waals surface area (Å²) in [6.07, 6.45) is 5.97. The van der Waals surface area contributed by atoms with Gasteiger partial charge in [0.25, 0.3) is 0 Å². The van der Waals surface area contributed by atoms with Crippen LogP contribution >= 0.6 is 35.7 Å². The Morgan fingerprint density at radius 2 is 2.00 bits per heavy atom. The average molecular weight is 448 g/mol. The van der Waals surface area contributed by atoms with Gasteiger partial charge < -0.3 is 15.5 Å². The first-order valence-electron chi connectivity index (χ1n) is 7.97. The van der Waals surface area contributed by atoms with Gasteiger partial charge in [-0.25, -0.2) is 9.97 Å². The van der Waals surface area contributed by atoms with E-state index in [0.29, 0.717) is 11.9 Å². The molecule has 1 atom stereocenters. The van der Waals surface area contributed by atoms with Crippen LogP contribution in [0.4, 0.5) is 5.95 Å². The van der Waals surface area contributed by atoms with Gasteiger partial charge >= 0.3 is 0 Å². The third kappa shape index (κ3) is 5.37. The van der Waals surface area contributed by atoms with E-state index in [4.69, 9.17) is 5.73 Å². The first kappa shape index (κ1) is 18.6. The Morgan fingerprint density at radius 1 is 1.26 bits per heavy atom. The molecule has 1 unspecified atom stereocenters. The molecule has 0 bridgehead atoms. The molecule has 2 fully saturated rings. The molecule has 0 aliphatic carbocycles. The maximum Gasteiger partial charge on any atom is 0.225 e. The van der Waals surface area contributed by atoms with Gasteiger partial charge in [-0.3, -0.25) is 4.99 Å². The van der Waals surface area contributed by atoms with Crippen LogP contribution in [0.2, 0.25) is 0 Å². The molecule has 0 spiro atoms. The maximum absolute atomic E-state index is 6.14. The van der Waals surface area contributed by atoms with Crippen molar-refractivity contribution in [2.75, 3.05) is 49.1 Å². The van der Waals surface area contributed by atoms with Crippen molar-refractivity contribution in [3.8, 4) is 0 Å². The monoisotopic (exact) mass is 448 g/mol. The van der Waals surface area contributed by atoms with Crippen LogP contribution in [0, 0.1) is 5.92 Å². The number of anilines is 1. The lowest BCUT2D eigenvalue weighted by molar-refractivity contribution is 0.412. The lowest BCUT2D eigenvalue weighted by atomic mass is 9.98. The fraction of sp³-hybridized carbons (Fsp3) is 0.667. The van der Waals surface area contributed by atoms with Gasteiger partial charge in [0.15, 0.2) is 5.96 Å². The summed E-state index contributed by atoms with van der Waals surface area (Å²) < 4.78 is 0. The number of rotatable bonds is 3. The molecule has 0 aromatic carbocycles. The van der Waals surface area contributed by atoms with Crippen molar-refractivity contribution in [2.45, 2.75) is 12.8 Å². The Hall–Kier alpha value is -0.770. The van der Waals surface area contributed by atoms with Crippen molar-refractivity contribution in [1.29, 1.82) is 0 Å². The first-order valence-corrected chi connectivity index (χ1v) is 9.13. The third-order valence-corrected chi connectivity index (χ3v) is 5.14. The summed E-state index contributed by atoms with van der Waals surface area (Å²) in [6.45, 7) is 4.85. The predicted octanol–water partition coefficient (Wildman–Crippen LogP) is 1.67. The Bertz CT molecular complexity index is 494. The molecule has 0 amide bonds. The van der Waals surface area contributed by atoms with Gasteiger partial charge in [0.2, 0.25) is 5.95 Å². The summed E-state index contributed by atoms with van der Waals surface area (Å²) in [5.41, 5.74) is 6.14. The first-order chi connectivity index (χ1) is 10.8. The van der Waals surface area contributed by atoms with Gasteiger partial charge in [-0.05, 0) is 24.8 Å². The van der Waals surface area contributed by atoms with Gasteiger partial charge in [0.05, 0.1) is 0 Å². The number of halogens is 1. The average Bonchev–Trinajstić information content (AvgIpc) is 2.61. The second kappa shape index (κ2) is 9.51. The summed E-state index contributed by atoms with van der Waals surface area (Å²) in [5.74, 6) is 4.39. The summed E-state index contributed by atoms with van der Waals surface area (Å²) in [6, 6.07) is 1.85. The number of hydrogen-bond acceptors (Lipinski definition) is 5. The van der Waals surface area contributed by atoms with E-state index in [-0.39, 0.29) is 24.0 Å². The van der Waals surface area contributed by atoms with Gasteiger partial charge in [-0.2, -0.15) is 11.8 Å². The zero-order chi connectivity index (χ0) is 15.2. The van der Waals surface area contributed by atoms with Crippen molar-refractivity contribution < 1.29 is 0 Å².